The first kappa shape index (κ1) is 11.0. The van der Waals surface area contributed by atoms with Crippen molar-refractivity contribution in [3.8, 4) is 0 Å². The number of hydrogen-bond acceptors (Lipinski definition) is 1. The number of hydrogen-bond donors (Lipinski definition) is 0. The van der Waals surface area contributed by atoms with Crippen molar-refractivity contribution >= 4 is 44.9 Å². The van der Waals surface area contributed by atoms with Gasteiger partial charge in [-0.25, -0.2) is 0 Å². The fourth-order valence-corrected chi connectivity index (χ4v) is 1.76. The highest BCUT2D eigenvalue weighted by Gasteiger charge is 2.03. The molecule has 0 saturated carbocycles. The molecular formula is C9H7BrCl2O. The molecule has 0 radical (unpaired) electrons. The molecule has 0 bridgehead atoms. The second kappa shape index (κ2) is 4.99. The van der Waals surface area contributed by atoms with Crippen LogP contribution in [0.5, 0.6) is 0 Å². The molecule has 0 fully saturated rings. The van der Waals surface area contributed by atoms with E-state index in [0.717, 1.165) is 5.56 Å². The minimum atomic E-state index is 0.110. The molecule has 1 rings (SSSR count). The van der Waals surface area contributed by atoms with Crippen LogP contribution in [0.15, 0.2) is 18.2 Å². The van der Waals surface area contributed by atoms with Crippen molar-refractivity contribution in [2.75, 3.05) is 5.33 Å². The standard InChI is InChI=1S/C9H7BrCl2O/c10-5-9(13)3-6-1-7(11)4-8(12)2-6/h1-2,4H,3,5H2. The first-order valence-corrected chi connectivity index (χ1v) is 5.52. The SMILES string of the molecule is O=C(CBr)Cc1cc(Cl)cc(Cl)c1. The lowest BCUT2D eigenvalue weighted by molar-refractivity contribution is -0.115. The Balaban J connectivity index is 2.83. The second-order valence-corrected chi connectivity index (χ2v) is 4.06. The van der Waals surface area contributed by atoms with Gasteiger partial charge in [0.2, 0.25) is 0 Å². The van der Waals surface area contributed by atoms with Crippen LogP contribution < -0.4 is 0 Å². The minimum Gasteiger partial charge on any atom is -0.298 e. The van der Waals surface area contributed by atoms with Crippen molar-refractivity contribution in [1.29, 1.82) is 0 Å². The second-order valence-electron chi connectivity index (χ2n) is 2.63. The number of halogens is 3. The van der Waals surface area contributed by atoms with Crippen LogP contribution >= 0.6 is 39.1 Å². The van der Waals surface area contributed by atoms with Gasteiger partial charge in [-0.05, 0) is 23.8 Å². The summed E-state index contributed by atoms with van der Waals surface area (Å²) in [6.45, 7) is 0. The largest absolute Gasteiger partial charge is 0.298 e. The summed E-state index contributed by atoms with van der Waals surface area (Å²) in [5, 5.41) is 1.48. The van der Waals surface area contributed by atoms with Crippen molar-refractivity contribution < 1.29 is 4.79 Å². The topological polar surface area (TPSA) is 17.1 Å². The van der Waals surface area contributed by atoms with E-state index < -0.39 is 0 Å². The zero-order valence-corrected chi connectivity index (χ0v) is 9.79. The third-order valence-corrected chi connectivity index (χ3v) is 2.53. The van der Waals surface area contributed by atoms with Gasteiger partial charge < -0.3 is 0 Å². The van der Waals surface area contributed by atoms with Crippen LogP contribution in [-0.2, 0) is 11.2 Å². The molecule has 4 heteroatoms. The van der Waals surface area contributed by atoms with Gasteiger partial charge in [0.25, 0.3) is 0 Å². The molecule has 0 unspecified atom stereocenters. The minimum absolute atomic E-state index is 0.110. The Kier molecular flexibility index (Phi) is 4.23. The van der Waals surface area contributed by atoms with Crippen LogP contribution in [0.4, 0.5) is 0 Å². The van der Waals surface area contributed by atoms with Gasteiger partial charge in [0.1, 0.15) is 5.78 Å². The zero-order chi connectivity index (χ0) is 9.84. The van der Waals surface area contributed by atoms with Crippen LogP contribution in [0.2, 0.25) is 10.0 Å². The van der Waals surface area contributed by atoms with Crippen molar-refractivity contribution in [2.45, 2.75) is 6.42 Å². The monoisotopic (exact) mass is 280 g/mol. The Bertz CT molecular complexity index is 305. The highest BCUT2D eigenvalue weighted by atomic mass is 79.9. The number of alkyl halides is 1. The molecule has 0 atom stereocenters. The lowest BCUT2D eigenvalue weighted by Crippen LogP contribution is -2.03. The van der Waals surface area contributed by atoms with Gasteiger partial charge in [0.15, 0.2) is 0 Å². The highest BCUT2D eigenvalue weighted by Crippen LogP contribution is 2.19. The zero-order valence-electron chi connectivity index (χ0n) is 6.69. The van der Waals surface area contributed by atoms with E-state index in [4.69, 9.17) is 23.2 Å². The normalized spacial score (nSPS) is 10.1. The maximum Gasteiger partial charge on any atom is 0.147 e. The maximum absolute atomic E-state index is 11.1. The molecule has 0 amide bonds. The summed E-state index contributed by atoms with van der Waals surface area (Å²) < 4.78 is 0. The first-order chi connectivity index (χ1) is 6.11. The number of carbonyl (C=O) groups excluding carboxylic acids is 1. The lowest BCUT2D eigenvalue weighted by Gasteiger charge is -2.00. The Hall–Kier alpha value is -0.0500. The number of ketones is 1. The Morgan fingerprint density at radius 2 is 1.77 bits per heavy atom. The summed E-state index contributed by atoms with van der Waals surface area (Å²) in [6.07, 6.45) is 0.367. The molecule has 0 heterocycles. The van der Waals surface area contributed by atoms with Gasteiger partial charge in [0, 0.05) is 16.5 Å². The molecular weight excluding hydrogens is 275 g/mol. The average Bonchev–Trinajstić information content (AvgIpc) is 2.02. The van der Waals surface area contributed by atoms with Gasteiger partial charge in [-0.15, -0.1) is 0 Å². The fraction of sp³-hybridized carbons (Fsp3) is 0.222. The molecule has 70 valence electrons. The summed E-state index contributed by atoms with van der Waals surface area (Å²) in [5.74, 6) is 0.110. The predicted octanol–water partition coefficient (Wildman–Crippen LogP) is 3.50. The predicted molar refractivity (Wildman–Crippen MR) is 59.0 cm³/mol. The third kappa shape index (κ3) is 3.67. The van der Waals surface area contributed by atoms with Crippen molar-refractivity contribution in [1.82, 2.24) is 0 Å². The summed E-state index contributed by atoms with van der Waals surface area (Å²) in [6, 6.07) is 5.13. The Labute approximate surface area is 95.2 Å². The molecule has 0 aliphatic heterocycles. The quantitative estimate of drug-likeness (QED) is 0.775. The van der Waals surface area contributed by atoms with E-state index in [0.29, 0.717) is 21.8 Å². The molecule has 13 heavy (non-hydrogen) atoms. The van der Waals surface area contributed by atoms with E-state index in [1.807, 2.05) is 0 Å². The lowest BCUT2D eigenvalue weighted by atomic mass is 10.1. The summed E-state index contributed by atoms with van der Waals surface area (Å²) in [5.41, 5.74) is 0.849. The summed E-state index contributed by atoms with van der Waals surface area (Å²) >= 11 is 14.6. The van der Waals surface area contributed by atoms with Crippen molar-refractivity contribution in [3.05, 3.63) is 33.8 Å². The van der Waals surface area contributed by atoms with E-state index in [2.05, 4.69) is 15.9 Å². The van der Waals surface area contributed by atoms with E-state index in [1.165, 1.54) is 0 Å². The van der Waals surface area contributed by atoms with Gasteiger partial charge in [-0.2, -0.15) is 0 Å². The van der Waals surface area contributed by atoms with Crippen LogP contribution in [0.25, 0.3) is 0 Å². The third-order valence-electron chi connectivity index (χ3n) is 1.47. The molecule has 1 aromatic rings. The molecule has 0 aliphatic rings. The smallest absolute Gasteiger partial charge is 0.147 e. The van der Waals surface area contributed by atoms with Crippen molar-refractivity contribution in [2.24, 2.45) is 0 Å². The number of benzene rings is 1. The van der Waals surface area contributed by atoms with E-state index >= 15 is 0 Å². The van der Waals surface area contributed by atoms with Crippen molar-refractivity contribution in [3.63, 3.8) is 0 Å². The number of rotatable bonds is 3. The van der Waals surface area contributed by atoms with E-state index in [-0.39, 0.29) is 5.78 Å². The van der Waals surface area contributed by atoms with E-state index in [9.17, 15) is 4.79 Å². The van der Waals surface area contributed by atoms with Gasteiger partial charge in [-0.1, -0.05) is 39.1 Å². The van der Waals surface area contributed by atoms with Crippen LogP contribution in [0, 0.1) is 0 Å². The van der Waals surface area contributed by atoms with Gasteiger partial charge in [0.05, 0.1) is 5.33 Å². The van der Waals surface area contributed by atoms with Crippen LogP contribution in [-0.4, -0.2) is 11.1 Å². The molecule has 1 aromatic carbocycles. The molecule has 0 aromatic heterocycles. The van der Waals surface area contributed by atoms with E-state index in [1.54, 1.807) is 18.2 Å². The fourth-order valence-electron chi connectivity index (χ4n) is 0.988. The Morgan fingerprint density at radius 1 is 1.23 bits per heavy atom. The Morgan fingerprint density at radius 3 is 2.23 bits per heavy atom. The summed E-state index contributed by atoms with van der Waals surface area (Å²) in [7, 11) is 0. The van der Waals surface area contributed by atoms with Crippen LogP contribution in [0.3, 0.4) is 0 Å². The summed E-state index contributed by atoms with van der Waals surface area (Å²) in [4.78, 5) is 11.1. The molecule has 0 N–H and O–H groups in total. The number of Topliss-reactive ketones (excluding diaryl/α,β-unsaturated/α-hetero) is 1. The molecule has 0 spiro atoms. The van der Waals surface area contributed by atoms with Gasteiger partial charge >= 0.3 is 0 Å². The first-order valence-electron chi connectivity index (χ1n) is 3.64. The maximum atomic E-state index is 11.1. The van der Waals surface area contributed by atoms with Gasteiger partial charge in [-0.3, -0.25) is 4.79 Å². The average molecular weight is 282 g/mol. The molecule has 1 nitrogen and oxygen atoms in total. The van der Waals surface area contributed by atoms with Crippen LogP contribution in [0.1, 0.15) is 5.56 Å². The number of carbonyl (C=O) groups is 1. The molecule has 0 saturated heterocycles. The highest BCUT2D eigenvalue weighted by molar-refractivity contribution is 9.09. The molecule has 0 aliphatic carbocycles.